The van der Waals surface area contributed by atoms with E-state index in [0.29, 0.717) is 0 Å². The van der Waals surface area contributed by atoms with Gasteiger partial charge in [-0.25, -0.2) is 4.79 Å². The van der Waals surface area contributed by atoms with E-state index in [-0.39, 0.29) is 18.7 Å². The van der Waals surface area contributed by atoms with Crippen LogP contribution in [-0.2, 0) is 11.3 Å². The van der Waals surface area contributed by atoms with E-state index in [9.17, 15) is 9.90 Å². The van der Waals surface area contributed by atoms with Crippen molar-refractivity contribution in [2.45, 2.75) is 31.6 Å². The number of carbonyl (C=O) groups excluding carboxylic acids is 1. The van der Waals surface area contributed by atoms with Gasteiger partial charge in [0.15, 0.2) is 0 Å². The van der Waals surface area contributed by atoms with E-state index >= 15 is 0 Å². The van der Waals surface area contributed by atoms with Crippen LogP contribution < -0.4 is 0 Å². The molecular weight excluding hydrogens is 218 g/mol. The highest BCUT2D eigenvalue weighted by atomic mass is 16.6. The van der Waals surface area contributed by atoms with Gasteiger partial charge >= 0.3 is 6.09 Å². The molecule has 1 aliphatic rings. The summed E-state index contributed by atoms with van der Waals surface area (Å²) in [6.07, 6.45) is 0.834. The van der Waals surface area contributed by atoms with Crippen LogP contribution in [0.5, 0.6) is 0 Å². The van der Waals surface area contributed by atoms with Gasteiger partial charge in [0, 0.05) is 7.05 Å². The summed E-state index contributed by atoms with van der Waals surface area (Å²) in [5.41, 5.74) is 0.961. The largest absolute Gasteiger partial charge is 0.445 e. The molecule has 1 fully saturated rings. The van der Waals surface area contributed by atoms with Gasteiger partial charge in [0.05, 0.1) is 12.1 Å². The Hall–Kier alpha value is -1.55. The van der Waals surface area contributed by atoms with Crippen LogP contribution in [0, 0.1) is 0 Å². The molecule has 2 atom stereocenters. The topological polar surface area (TPSA) is 49.8 Å². The Morgan fingerprint density at radius 1 is 1.41 bits per heavy atom. The molecule has 0 bridgehead atoms. The van der Waals surface area contributed by atoms with E-state index in [1.54, 1.807) is 7.05 Å². The van der Waals surface area contributed by atoms with E-state index in [1.807, 2.05) is 30.3 Å². The lowest BCUT2D eigenvalue weighted by molar-refractivity contribution is -0.0122. The number of aliphatic hydroxyl groups excluding tert-OH is 1. The first-order valence-electron chi connectivity index (χ1n) is 5.80. The van der Waals surface area contributed by atoms with E-state index in [2.05, 4.69) is 0 Å². The molecule has 1 aromatic rings. The molecule has 4 nitrogen and oxygen atoms in total. The molecule has 0 unspecified atom stereocenters. The Bertz CT molecular complexity index is 380. The summed E-state index contributed by atoms with van der Waals surface area (Å²) in [7, 11) is 1.67. The van der Waals surface area contributed by atoms with E-state index < -0.39 is 6.10 Å². The molecule has 1 saturated carbocycles. The number of hydrogen-bond donors (Lipinski definition) is 1. The summed E-state index contributed by atoms with van der Waals surface area (Å²) in [4.78, 5) is 13.2. The molecule has 2 rings (SSSR count). The Balaban J connectivity index is 1.81. The molecule has 0 saturated heterocycles. The maximum absolute atomic E-state index is 11.7. The maximum atomic E-state index is 11.7. The molecule has 1 N–H and O–H groups in total. The van der Waals surface area contributed by atoms with Crippen molar-refractivity contribution >= 4 is 6.09 Å². The number of hydrogen-bond acceptors (Lipinski definition) is 3. The second-order valence-electron chi connectivity index (χ2n) is 4.36. The van der Waals surface area contributed by atoms with Crippen LogP contribution in [0.1, 0.15) is 18.4 Å². The second-order valence-corrected chi connectivity index (χ2v) is 4.36. The fourth-order valence-corrected chi connectivity index (χ4v) is 1.87. The number of likely N-dealkylation sites (N-methyl/N-ethyl adjacent to an activating group) is 1. The van der Waals surface area contributed by atoms with Crippen LogP contribution in [0.3, 0.4) is 0 Å². The van der Waals surface area contributed by atoms with Gasteiger partial charge in [-0.05, 0) is 18.4 Å². The maximum Gasteiger partial charge on any atom is 0.410 e. The van der Waals surface area contributed by atoms with Crippen molar-refractivity contribution < 1.29 is 14.6 Å². The molecule has 17 heavy (non-hydrogen) atoms. The number of nitrogens with zero attached hydrogens (tertiary/aromatic N) is 1. The van der Waals surface area contributed by atoms with Crippen LogP contribution >= 0.6 is 0 Å². The zero-order chi connectivity index (χ0) is 12.3. The fraction of sp³-hybridized carbons (Fsp3) is 0.462. The Morgan fingerprint density at radius 3 is 2.65 bits per heavy atom. The molecule has 0 radical (unpaired) electrons. The van der Waals surface area contributed by atoms with Gasteiger partial charge in [0.25, 0.3) is 0 Å². The number of amides is 1. The fourth-order valence-electron chi connectivity index (χ4n) is 1.87. The normalized spacial score (nSPS) is 22.7. The van der Waals surface area contributed by atoms with Crippen molar-refractivity contribution in [3.8, 4) is 0 Å². The van der Waals surface area contributed by atoms with Crippen molar-refractivity contribution in [2.75, 3.05) is 7.05 Å². The van der Waals surface area contributed by atoms with E-state index in [0.717, 1.165) is 18.4 Å². The van der Waals surface area contributed by atoms with E-state index in [1.165, 1.54) is 4.90 Å². The molecule has 0 aliphatic heterocycles. The van der Waals surface area contributed by atoms with Crippen molar-refractivity contribution in [1.82, 2.24) is 4.90 Å². The van der Waals surface area contributed by atoms with Gasteiger partial charge < -0.3 is 14.7 Å². The highest BCUT2D eigenvalue weighted by molar-refractivity contribution is 5.68. The third-order valence-electron chi connectivity index (χ3n) is 3.19. The number of ether oxygens (including phenoxy) is 1. The predicted molar refractivity (Wildman–Crippen MR) is 63.4 cm³/mol. The van der Waals surface area contributed by atoms with Gasteiger partial charge in [0.2, 0.25) is 0 Å². The van der Waals surface area contributed by atoms with Gasteiger partial charge in [-0.2, -0.15) is 0 Å². The van der Waals surface area contributed by atoms with Gasteiger partial charge in [-0.3, -0.25) is 0 Å². The van der Waals surface area contributed by atoms with Crippen molar-refractivity contribution in [1.29, 1.82) is 0 Å². The van der Waals surface area contributed by atoms with Crippen molar-refractivity contribution in [3.05, 3.63) is 35.9 Å². The molecule has 0 heterocycles. The summed E-state index contributed by atoms with van der Waals surface area (Å²) in [6.45, 7) is 0.271. The first-order valence-corrected chi connectivity index (χ1v) is 5.80. The lowest BCUT2D eigenvalue weighted by Gasteiger charge is -2.38. The molecule has 1 aliphatic carbocycles. The summed E-state index contributed by atoms with van der Waals surface area (Å²) in [6, 6.07) is 9.46. The highest BCUT2D eigenvalue weighted by Gasteiger charge is 2.35. The number of rotatable bonds is 3. The smallest absolute Gasteiger partial charge is 0.410 e. The molecule has 92 valence electrons. The minimum Gasteiger partial charge on any atom is -0.445 e. The van der Waals surface area contributed by atoms with Gasteiger partial charge in [-0.15, -0.1) is 0 Å². The first-order chi connectivity index (χ1) is 8.18. The molecule has 0 spiro atoms. The van der Waals surface area contributed by atoms with Crippen molar-refractivity contribution in [2.24, 2.45) is 0 Å². The zero-order valence-electron chi connectivity index (χ0n) is 9.87. The predicted octanol–water partition coefficient (Wildman–Crippen LogP) is 1.78. The number of aliphatic hydroxyl groups is 1. The van der Waals surface area contributed by atoms with Crippen molar-refractivity contribution in [3.63, 3.8) is 0 Å². The van der Waals surface area contributed by atoms with Gasteiger partial charge in [-0.1, -0.05) is 30.3 Å². The lowest BCUT2D eigenvalue weighted by Crippen LogP contribution is -2.51. The van der Waals surface area contributed by atoms with Crippen LogP contribution in [0.2, 0.25) is 0 Å². The summed E-state index contributed by atoms with van der Waals surface area (Å²) < 4.78 is 5.17. The van der Waals surface area contributed by atoms with Crippen LogP contribution in [0.15, 0.2) is 30.3 Å². The van der Waals surface area contributed by atoms with Crippen LogP contribution in [0.4, 0.5) is 4.79 Å². The first kappa shape index (κ1) is 11.9. The monoisotopic (exact) mass is 235 g/mol. The summed E-state index contributed by atoms with van der Waals surface area (Å²) in [5, 5.41) is 9.46. The molecular formula is C13H17NO3. The average Bonchev–Trinajstić information content (AvgIpc) is 2.35. The lowest BCUT2D eigenvalue weighted by atomic mass is 9.88. The summed E-state index contributed by atoms with van der Waals surface area (Å²) in [5.74, 6) is 0. The Labute approximate surface area is 101 Å². The minimum absolute atomic E-state index is 0.0849. The Kier molecular flexibility index (Phi) is 3.64. The number of carbonyl (C=O) groups is 1. The number of benzene rings is 1. The Morgan fingerprint density at radius 2 is 2.12 bits per heavy atom. The molecule has 0 aromatic heterocycles. The van der Waals surface area contributed by atoms with Crippen LogP contribution in [-0.4, -0.2) is 35.3 Å². The van der Waals surface area contributed by atoms with E-state index in [4.69, 9.17) is 4.74 Å². The standard InChI is InChI=1S/C13H17NO3/c1-14(11-7-8-12(11)15)13(16)17-9-10-5-3-2-4-6-10/h2-6,11-12,15H,7-9H2,1H3/t11-,12-/m1/s1. The third-order valence-corrected chi connectivity index (χ3v) is 3.19. The highest BCUT2D eigenvalue weighted by Crippen LogP contribution is 2.24. The summed E-state index contributed by atoms with van der Waals surface area (Å²) >= 11 is 0. The molecule has 4 heteroatoms. The zero-order valence-corrected chi connectivity index (χ0v) is 9.87. The second kappa shape index (κ2) is 5.19. The van der Waals surface area contributed by atoms with Gasteiger partial charge in [0.1, 0.15) is 6.61 Å². The third kappa shape index (κ3) is 2.77. The minimum atomic E-state index is -0.399. The molecule has 1 amide bonds. The average molecular weight is 235 g/mol. The van der Waals surface area contributed by atoms with Crippen LogP contribution in [0.25, 0.3) is 0 Å². The quantitative estimate of drug-likeness (QED) is 0.868. The SMILES string of the molecule is CN(C(=O)OCc1ccccc1)[C@@H]1CC[C@H]1O. The molecule has 1 aromatic carbocycles.